The van der Waals surface area contributed by atoms with Gasteiger partial charge in [0.1, 0.15) is 5.82 Å². The van der Waals surface area contributed by atoms with E-state index in [1.165, 1.54) is 5.56 Å². The molecule has 0 radical (unpaired) electrons. The number of nitrogens with one attached hydrogen (secondary N) is 1. The van der Waals surface area contributed by atoms with Gasteiger partial charge in [0.05, 0.1) is 0 Å². The van der Waals surface area contributed by atoms with Crippen molar-refractivity contribution in [3.63, 3.8) is 0 Å². The van der Waals surface area contributed by atoms with E-state index in [0.717, 1.165) is 25.2 Å². The van der Waals surface area contributed by atoms with E-state index in [0.29, 0.717) is 12.1 Å². The predicted molar refractivity (Wildman–Crippen MR) is 82.3 cm³/mol. The molecule has 2 atom stereocenters. The maximum atomic E-state index is 13.5. The summed E-state index contributed by atoms with van der Waals surface area (Å²) in [4.78, 5) is 2.50. The van der Waals surface area contributed by atoms with Crippen LogP contribution in [0, 0.1) is 18.2 Å². The second kappa shape index (κ2) is 5.82. The molecule has 1 aliphatic heterocycles. The second-order valence-corrected chi connectivity index (χ2v) is 7.19. The highest BCUT2D eigenvalue weighted by molar-refractivity contribution is 5.26. The normalized spacial score (nSPS) is 24.9. The minimum absolute atomic E-state index is 0.138. The van der Waals surface area contributed by atoms with Crippen molar-refractivity contribution < 1.29 is 4.39 Å². The Morgan fingerprint density at radius 3 is 2.70 bits per heavy atom. The third-order valence-electron chi connectivity index (χ3n) is 4.29. The summed E-state index contributed by atoms with van der Waals surface area (Å²) in [5, 5.41) is 3.56. The summed E-state index contributed by atoms with van der Waals surface area (Å²) in [5.74, 6) is -0.138. The van der Waals surface area contributed by atoms with Gasteiger partial charge in [-0.15, -0.1) is 0 Å². The lowest BCUT2D eigenvalue weighted by Gasteiger charge is -2.46. The van der Waals surface area contributed by atoms with Crippen LogP contribution in [0.2, 0.25) is 0 Å². The van der Waals surface area contributed by atoms with Crippen LogP contribution >= 0.6 is 0 Å². The maximum absolute atomic E-state index is 13.5. The quantitative estimate of drug-likeness (QED) is 0.892. The molecule has 20 heavy (non-hydrogen) atoms. The van der Waals surface area contributed by atoms with Crippen LogP contribution < -0.4 is 5.32 Å². The highest BCUT2D eigenvalue weighted by atomic mass is 19.1. The van der Waals surface area contributed by atoms with Gasteiger partial charge in [0.15, 0.2) is 0 Å². The molecule has 0 bridgehead atoms. The van der Waals surface area contributed by atoms with Crippen molar-refractivity contribution >= 4 is 0 Å². The molecule has 2 nitrogen and oxygen atoms in total. The highest BCUT2D eigenvalue weighted by Crippen LogP contribution is 2.28. The van der Waals surface area contributed by atoms with Crippen LogP contribution in [0.1, 0.15) is 38.8 Å². The van der Waals surface area contributed by atoms with Crippen LogP contribution in [-0.4, -0.2) is 30.1 Å². The standard InChI is InChI=1S/C17H27FN2/c1-12-6-7-15(18)8-14(12)11-20-10-13(2)19-9-16(20)17(3,4)5/h6-8,13,16,19H,9-11H2,1-5H3. The molecular formula is C17H27FN2. The van der Waals surface area contributed by atoms with Crippen molar-refractivity contribution in [1.82, 2.24) is 10.2 Å². The minimum Gasteiger partial charge on any atom is -0.311 e. The van der Waals surface area contributed by atoms with E-state index in [9.17, 15) is 4.39 Å². The van der Waals surface area contributed by atoms with Gasteiger partial charge in [-0.2, -0.15) is 0 Å². The first-order valence-corrected chi connectivity index (χ1v) is 7.50. The molecule has 1 aromatic carbocycles. The molecule has 1 saturated heterocycles. The lowest BCUT2D eigenvalue weighted by atomic mass is 9.83. The maximum Gasteiger partial charge on any atom is 0.123 e. The van der Waals surface area contributed by atoms with Gasteiger partial charge in [0.2, 0.25) is 0 Å². The molecule has 3 heteroatoms. The van der Waals surface area contributed by atoms with Crippen LogP contribution in [0.4, 0.5) is 4.39 Å². The topological polar surface area (TPSA) is 15.3 Å². The predicted octanol–water partition coefficient (Wildman–Crippen LogP) is 3.34. The molecule has 0 amide bonds. The molecule has 0 aromatic heterocycles. The van der Waals surface area contributed by atoms with Gasteiger partial charge in [-0.25, -0.2) is 4.39 Å². The zero-order chi connectivity index (χ0) is 14.9. The van der Waals surface area contributed by atoms with Crippen molar-refractivity contribution in [1.29, 1.82) is 0 Å². The summed E-state index contributed by atoms with van der Waals surface area (Å²) < 4.78 is 13.5. The Morgan fingerprint density at radius 2 is 2.05 bits per heavy atom. The Labute approximate surface area is 122 Å². The smallest absolute Gasteiger partial charge is 0.123 e. The summed E-state index contributed by atoms with van der Waals surface area (Å²) in [6.45, 7) is 14.0. The van der Waals surface area contributed by atoms with Crippen molar-refractivity contribution in [2.45, 2.75) is 53.2 Å². The summed E-state index contributed by atoms with van der Waals surface area (Å²) in [6.07, 6.45) is 0. The van der Waals surface area contributed by atoms with Gasteiger partial charge in [-0.1, -0.05) is 26.8 Å². The zero-order valence-electron chi connectivity index (χ0n) is 13.3. The summed E-state index contributed by atoms with van der Waals surface area (Å²) in [6, 6.07) is 6.06. The molecule has 2 rings (SSSR count). The number of rotatable bonds is 2. The van der Waals surface area contributed by atoms with Crippen molar-refractivity contribution in [2.75, 3.05) is 13.1 Å². The molecule has 0 aliphatic carbocycles. The van der Waals surface area contributed by atoms with E-state index >= 15 is 0 Å². The average Bonchev–Trinajstić information content (AvgIpc) is 2.32. The minimum atomic E-state index is -0.138. The van der Waals surface area contributed by atoms with Crippen molar-refractivity contribution in [2.24, 2.45) is 5.41 Å². The van der Waals surface area contributed by atoms with E-state index in [1.54, 1.807) is 12.1 Å². The first-order chi connectivity index (χ1) is 9.27. The van der Waals surface area contributed by atoms with Crippen molar-refractivity contribution in [3.8, 4) is 0 Å². The van der Waals surface area contributed by atoms with E-state index in [1.807, 2.05) is 6.07 Å². The molecule has 1 aliphatic rings. The van der Waals surface area contributed by atoms with E-state index in [-0.39, 0.29) is 11.2 Å². The Morgan fingerprint density at radius 1 is 1.35 bits per heavy atom. The Bertz CT molecular complexity index is 465. The number of piperazine rings is 1. The first kappa shape index (κ1) is 15.5. The van der Waals surface area contributed by atoms with E-state index in [4.69, 9.17) is 0 Å². The van der Waals surface area contributed by atoms with Gasteiger partial charge in [0.25, 0.3) is 0 Å². The Hall–Kier alpha value is -0.930. The summed E-state index contributed by atoms with van der Waals surface area (Å²) in [5.41, 5.74) is 2.49. The molecule has 1 fully saturated rings. The average molecular weight is 278 g/mol. The highest BCUT2D eigenvalue weighted by Gasteiger charge is 2.34. The van der Waals surface area contributed by atoms with E-state index < -0.39 is 0 Å². The lowest BCUT2D eigenvalue weighted by molar-refractivity contribution is 0.0524. The SMILES string of the molecule is Cc1ccc(F)cc1CN1CC(C)NCC1C(C)(C)C. The molecule has 1 aromatic rings. The molecule has 2 unspecified atom stereocenters. The third kappa shape index (κ3) is 3.58. The van der Waals surface area contributed by atoms with Gasteiger partial charge < -0.3 is 5.32 Å². The molecule has 1 N–H and O–H groups in total. The number of hydrogen-bond donors (Lipinski definition) is 1. The largest absolute Gasteiger partial charge is 0.311 e. The molecule has 1 heterocycles. The van der Waals surface area contributed by atoms with Crippen molar-refractivity contribution in [3.05, 3.63) is 35.1 Å². The first-order valence-electron chi connectivity index (χ1n) is 7.50. The molecule has 0 saturated carbocycles. The van der Waals surface area contributed by atoms with Gasteiger partial charge in [-0.3, -0.25) is 4.90 Å². The van der Waals surface area contributed by atoms with Crippen LogP contribution in [0.15, 0.2) is 18.2 Å². The number of halogens is 1. The van der Waals surface area contributed by atoms with Crippen LogP contribution in [0.5, 0.6) is 0 Å². The van der Waals surface area contributed by atoms with Gasteiger partial charge in [0, 0.05) is 31.7 Å². The van der Waals surface area contributed by atoms with E-state index in [2.05, 4.69) is 44.8 Å². The fraction of sp³-hybridized carbons (Fsp3) is 0.647. The fourth-order valence-corrected chi connectivity index (χ4v) is 3.04. The third-order valence-corrected chi connectivity index (χ3v) is 4.29. The number of hydrogen-bond acceptors (Lipinski definition) is 2. The van der Waals surface area contributed by atoms with Crippen LogP contribution in [-0.2, 0) is 6.54 Å². The van der Waals surface area contributed by atoms with Gasteiger partial charge >= 0.3 is 0 Å². The lowest BCUT2D eigenvalue weighted by Crippen LogP contribution is -2.59. The van der Waals surface area contributed by atoms with Crippen LogP contribution in [0.3, 0.4) is 0 Å². The Balaban J connectivity index is 2.21. The fourth-order valence-electron chi connectivity index (χ4n) is 3.04. The molecule has 112 valence electrons. The van der Waals surface area contributed by atoms with Crippen LogP contribution in [0.25, 0.3) is 0 Å². The summed E-state index contributed by atoms with van der Waals surface area (Å²) in [7, 11) is 0. The number of nitrogens with zero attached hydrogens (tertiary/aromatic N) is 1. The molecular weight excluding hydrogens is 251 g/mol. The zero-order valence-corrected chi connectivity index (χ0v) is 13.3. The van der Waals surface area contributed by atoms with Gasteiger partial charge in [-0.05, 0) is 42.5 Å². The monoisotopic (exact) mass is 278 g/mol. The Kier molecular flexibility index (Phi) is 4.50. The summed E-state index contributed by atoms with van der Waals surface area (Å²) >= 11 is 0. The number of aryl methyl sites for hydroxylation is 1. The molecule has 0 spiro atoms. The second-order valence-electron chi connectivity index (χ2n) is 7.19. The number of benzene rings is 1.